The van der Waals surface area contributed by atoms with Crippen LogP contribution in [0.25, 0.3) is 0 Å². The van der Waals surface area contributed by atoms with Crippen molar-refractivity contribution in [1.82, 2.24) is 0 Å². The van der Waals surface area contributed by atoms with Gasteiger partial charge in [0.15, 0.2) is 0 Å². The molecule has 0 fully saturated rings. The average Bonchev–Trinajstić information content (AvgIpc) is 2.18. The van der Waals surface area contributed by atoms with Gasteiger partial charge in [0.1, 0.15) is 0 Å². The molecule has 1 aromatic rings. The van der Waals surface area contributed by atoms with Gasteiger partial charge in [-0.15, -0.1) is 0 Å². The number of carbonyl (C=O) groups excluding carboxylic acids is 1. The molecule has 4 N–H and O–H groups in total. The molecule has 0 spiro atoms. The van der Waals surface area contributed by atoms with Crippen LogP contribution in [-0.4, -0.2) is 13.1 Å². The number of benzene rings is 1. The van der Waals surface area contributed by atoms with E-state index in [1.54, 1.807) is 6.07 Å². The SMILES string of the molecule is COC(=O)Cc1c(N)ccc(C)c1N. The minimum Gasteiger partial charge on any atom is -0.469 e. The summed E-state index contributed by atoms with van der Waals surface area (Å²) in [4.78, 5) is 11.1. The molecule has 0 saturated heterocycles. The molecule has 0 aliphatic carbocycles. The third kappa shape index (κ3) is 1.96. The van der Waals surface area contributed by atoms with E-state index in [-0.39, 0.29) is 12.4 Å². The van der Waals surface area contributed by atoms with Gasteiger partial charge in [-0.05, 0) is 18.6 Å². The zero-order chi connectivity index (χ0) is 10.7. The summed E-state index contributed by atoms with van der Waals surface area (Å²) in [5.41, 5.74) is 14.2. The van der Waals surface area contributed by atoms with Crippen LogP contribution in [0.15, 0.2) is 12.1 Å². The Balaban J connectivity index is 3.06. The molecule has 0 aromatic heterocycles. The number of nitrogen functional groups attached to an aromatic ring is 2. The average molecular weight is 194 g/mol. The van der Waals surface area contributed by atoms with E-state index in [1.165, 1.54) is 7.11 Å². The minimum absolute atomic E-state index is 0.121. The van der Waals surface area contributed by atoms with E-state index in [1.807, 2.05) is 13.0 Å². The van der Waals surface area contributed by atoms with Gasteiger partial charge in [-0.2, -0.15) is 0 Å². The molecule has 0 bridgehead atoms. The molecule has 4 heteroatoms. The minimum atomic E-state index is -0.339. The quantitative estimate of drug-likeness (QED) is 0.541. The summed E-state index contributed by atoms with van der Waals surface area (Å²) < 4.78 is 4.55. The molecule has 1 rings (SSSR count). The van der Waals surface area contributed by atoms with E-state index in [0.29, 0.717) is 16.9 Å². The van der Waals surface area contributed by atoms with Gasteiger partial charge in [-0.3, -0.25) is 4.79 Å². The second-order valence-electron chi connectivity index (χ2n) is 3.12. The molecular formula is C10H14N2O2. The first kappa shape index (κ1) is 10.4. The Morgan fingerprint density at radius 1 is 1.43 bits per heavy atom. The normalized spacial score (nSPS) is 9.86. The summed E-state index contributed by atoms with van der Waals surface area (Å²) in [5.74, 6) is -0.339. The highest BCUT2D eigenvalue weighted by atomic mass is 16.5. The van der Waals surface area contributed by atoms with Crippen LogP contribution in [0.5, 0.6) is 0 Å². The maximum Gasteiger partial charge on any atom is 0.310 e. The van der Waals surface area contributed by atoms with Crippen molar-refractivity contribution in [2.45, 2.75) is 13.3 Å². The smallest absolute Gasteiger partial charge is 0.310 e. The topological polar surface area (TPSA) is 78.3 Å². The Labute approximate surface area is 82.8 Å². The highest BCUT2D eigenvalue weighted by molar-refractivity contribution is 5.79. The van der Waals surface area contributed by atoms with Gasteiger partial charge in [-0.25, -0.2) is 0 Å². The number of aryl methyl sites for hydroxylation is 1. The van der Waals surface area contributed by atoms with Crippen molar-refractivity contribution >= 4 is 17.3 Å². The summed E-state index contributed by atoms with van der Waals surface area (Å²) in [6, 6.07) is 3.56. The van der Waals surface area contributed by atoms with E-state index in [4.69, 9.17) is 11.5 Å². The predicted octanol–water partition coefficient (Wildman–Crippen LogP) is 0.875. The van der Waals surface area contributed by atoms with E-state index >= 15 is 0 Å². The molecule has 76 valence electrons. The zero-order valence-electron chi connectivity index (χ0n) is 8.33. The van der Waals surface area contributed by atoms with Gasteiger partial charge in [-0.1, -0.05) is 6.07 Å². The highest BCUT2D eigenvalue weighted by Crippen LogP contribution is 2.23. The first-order valence-electron chi connectivity index (χ1n) is 4.26. The number of hydrogen-bond donors (Lipinski definition) is 2. The lowest BCUT2D eigenvalue weighted by Gasteiger charge is -2.10. The molecule has 0 radical (unpaired) electrons. The van der Waals surface area contributed by atoms with E-state index < -0.39 is 0 Å². The Bertz CT molecular complexity index is 361. The standard InChI is InChI=1S/C10H14N2O2/c1-6-3-4-8(11)7(10(6)12)5-9(13)14-2/h3-4H,5,11-12H2,1-2H3. The summed E-state index contributed by atoms with van der Waals surface area (Å²) in [7, 11) is 1.34. The van der Waals surface area contributed by atoms with Crippen LogP contribution in [0.2, 0.25) is 0 Å². The first-order chi connectivity index (χ1) is 6.56. The molecule has 0 unspecified atom stereocenters. The van der Waals surface area contributed by atoms with Crippen LogP contribution in [0, 0.1) is 6.92 Å². The number of ether oxygens (including phenoxy) is 1. The zero-order valence-corrected chi connectivity index (χ0v) is 8.33. The van der Waals surface area contributed by atoms with Crippen molar-refractivity contribution in [3.8, 4) is 0 Å². The molecule has 0 aliphatic rings. The molecule has 0 amide bonds. The Hall–Kier alpha value is -1.71. The molecule has 0 aliphatic heterocycles. The Morgan fingerprint density at radius 2 is 2.07 bits per heavy atom. The number of carbonyl (C=O) groups is 1. The van der Waals surface area contributed by atoms with Crippen LogP contribution < -0.4 is 11.5 Å². The first-order valence-corrected chi connectivity index (χ1v) is 4.26. The van der Waals surface area contributed by atoms with Crippen LogP contribution >= 0.6 is 0 Å². The van der Waals surface area contributed by atoms with Crippen molar-refractivity contribution in [1.29, 1.82) is 0 Å². The fourth-order valence-electron chi connectivity index (χ4n) is 1.21. The van der Waals surface area contributed by atoms with Gasteiger partial charge in [0.25, 0.3) is 0 Å². The van der Waals surface area contributed by atoms with E-state index in [9.17, 15) is 4.79 Å². The number of anilines is 2. The van der Waals surface area contributed by atoms with Crippen LogP contribution in [0.3, 0.4) is 0 Å². The number of rotatable bonds is 2. The fourth-order valence-corrected chi connectivity index (χ4v) is 1.21. The monoisotopic (exact) mass is 194 g/mol. The molecule has 0 saturated carbocycles. The van der Waals surface area contributed by atoms with Crippen molar-refractivity contribution in [2.75, 3.05) is 18.6 Å². The van der Waals surface area contributed by atoms with E-state index in [0.717, 1.165) is 5.56 Å². The number of hydrogen-bond acceptors (Lipinski definition) is 4. The van der Waals surface area contributed by atoms with Gasteiger partial charge >= 0.3 is 5.97 Å². The van der Waals surface area contributed by atoms with Crippen LogP contribution in [-0.2, 0) is 16.0 Å². The molecule has 0 heterocycles. The van der Waals surface area contributed by atoms with Gasteiger partial charge in [0.2, 0.25) is 0 Å². The third-order valence-electron chi connectivity index (χ3n) is 2.16. The maximum absolute atomic E-state index is 11.1. The van der Waals surface area contributed by atoms with Crippen molar-refractivity contribution in [3.05, 3.63) is 23.3 Å². The lowest BCUT2D eigenvalue weighted by atomic mass is 10.0. The number of nitrogens with two attached hydrogens (primary N) is 2. The van der Waals surface area contributed by atoms with Gasteiger partial charge in [0.05, 0.1) is 13.5 Å². The van der Waals surface area contributed by atoms with Crippen LogP contribution in [0.4, 0.5) is 11.4 Å². The summed E-state index contributed by atoms with van der Waals surface area (Å²) >= 11 is 0. The summed E-state index contributed by atoms with van der Waals surface area (Å²) in [5, 5.41) is 0. The van der Waals surface area contributed by atoms with Gasteiger partial charge < -0.3 is 16.2 Å². The predicted molar refractivity (Wildman–Crippen MR) is 55.7 cm³/mol. The van der Waals surface area contributed by atoms with Crippen molar-refractivity contribution < 1.29 is 9.53 Å². The molecule has 0 atom stereocenters. The van der Waals surface area contributed by atoms with Crippen LogP contribution in [0.1, 0.15) is 11.1 Å². The summed E-state index contributed by atoms with van der Waals surface area (Å²) in [6.45, 7) is 1.87. The fraction of sp³-hybridized carbons (Fsp3) is 0.300. The lowest BCUT2D eigenvalue weighted by Crippen LogP contribution is -2.10. The summed E-state index contributed by atoms with van der Waals surface area (Å²) in [6.07, 6.45) is 0.121. The van der Waals surface area contributed by atoms with E-state index in [2.05, 4.69) is 4.74 Å². The largest absolute Gasteiger partial charge is 0.469 e. The molecule has 1 aromatic carbocycles. The van der Waals surface area contributed by atoms with Gasteiger partial charge in [0, 0.05) is 16.9 Å². The molecule has 14 heavy (non-hydrogen) atoms. The second kappa shape index (κ2) is 4.00. The lowest BCUT2D eigenvalue weighted by molar-refractivity contribution is -0.139. The Kier molecular flexibility index (Phi) is 2.96. The third-order valence-corrected chi connectivity index (χ3v) is 2.16. The molecule has 4 nitrogen and oxygen atoms in total. The Morgan fingerprint density at radius 3 is 2.64 bits per heavy atom. The number of esters is 1. The number of methoxy groups -OCH3 is 1. The molecular weight excluding hydrogens is 180 g/mol. The maximum atomic E-state index is 11.1. The highest BCUT2D eigenvalue weighted by Gasteiger charge is 2.11. The van der Waals surface area contributed by atoms with Crippen molar-refractivity contribution in [3.63, 3.8) is 0 Å². The second-order valence-corrected chi connectivity index (χ2v) is 3.12. The van der Waals surface area contributed by atoms with Crippen molar-refractivity contribution in [2.24, 2.45) is 0 Å².